The summed E-state index contributed by atoms with van der Waals surface area (Å²) in [6.07, 6.45) is 1.18. The van der Waals surface area contributed by atoms with Crippen molar-refractivity contribution in [1.82, 2.24) is 10.6 Å². The topological polar surface area (TPSA) is 108 Å². The molecule has 0 saturated carbocycles. The van der Waals surface area contributed by atoms with Gasteiger partial charge in [0.05, 0.1) is 18.6 Å². The van der Waals surface area contributed by atoms with Crippen LogP contribution in [-0.4, -0.2) is 61.5 Å². The summed E-state index contributed by atoms with van der Waals surface area (Å²) in [5.74, 6) is -1.61. The third kappa shape index (κ3) is 3.41. The van der Waals surface area contributed by atoms with Gasteiger partial charge in [0.2, 0.25) is 5.91 Å². The largest absolute Gasteiger partial charge is 0.480 e. The highest BCUT2D eigenvalue weighted by Crippen LogP contribution is 2.29. The van der Waals surface area contributed by atoms with Crippen molar-refractivity contribution < 1.29 is 24.5 Å². The first-order valence-electron chi connectivity index (χ1n) is 5.90. The van der Waals surface area contributed by atoms with Crippen molar-refractivity contribution in [3.63, 3.8) is 0 Å². The highest BCUT2D eigenvalue weighted by atomic mass is 16.5. The van der Waals surface area contributed by atoms with Crippen molar-refractivity contribution in [2.75, 3.05) is 33.4 Å². The Hall–Kier alpha value is -1.18. The lowest BCUT2D eigenvalue weighted by Crippen LogP contribution is -2.54. The number of aliphatic hydroxyl groups is 1. The number of carbonyl (C=O) groups excluding carboxylic acids is 1. The molecule has 1 saturated heterocycles. The van der Waals surface area contributed by atoms with Crippen molar-refractivity contribution in [1.29, 1.82) is 0 Å². The minimum atomic E-state index is -1.26. The Kier molecular flexibility index (Phi) is 5.52. The van der Waals surface area contributed by atoms with E-state index in [1.165, 1.54) is 7.11 Å². The second kappa shape index (κ2) is 6.67. The number of amides is 1. The first-order chi connectivity index (χ1) is 8.55. The van der Waals surface area contributed by atoms with E-state index in [1.54, 1.807) is 0 Å². The molecule has 0 aromatic heterocycles. The van der Waals surface area contributed by atoms with Crippen molar-refractivity contribution in [3.8, 4) is 0 Å². The highest BCUT2D eigenvalue weighted by Gasteiger charge is 2.41. The molecule has 104 valence electrons. The van der Waals surface area contributed by atoms with E-state index in [-0.39, 0.29) is 12.5 Å². The molecule has 1 aliphatic rings. The fourth-order valence-electron chi connectivity index (χ4n) is 2.12. The van der Waals surface area contributed by atoms with Gasteiger partial charge in [-0.3, -0.25) is 4.79 Å². The maximum absolute atomic E-state index is 12.2. The van der Waals surface area contributed by atoms with Gasteiger partial charge >= 0.3 is 5.97 Å². The Morgan fingerprint density at radius 3 is 2.50 bits per heavy atom. The number of carboxylic acids is 1. The molecule has 1 aliphatic heterocycles. The van der Waals surface area contributed by atoms with Gasteiger partial charge in [0.25, 0.3) is 0 Å². The second-order valence-electron chi connectivity index (χ2n) is 4.51. The Morgan fingerprint density at radius 2 is 2.06 bits per heavy atom. The summed E-state index contributed by atoms with van der Waals surface area (Å²) in [6.45, 7) is 1.00. The molecule has 0 aromatic carbocycles. The lowest BCUT2D eigenvalue weighted by atomic mass is 9.78. The molecular weight excluding hydrogens is 240 g/mol. The molecule has 1 fully saturated rings. The standard InChI is InChI=1S/C11H20N2O5/c1-18-7-11(2-4-12-5-3-11)10(17)13-8(6-14)9(15)16/h8,12,14H,2-7H2,1H3,(H,13,17)(H,15,16)/t8-/m1/s1. The summed E-state index contributed by atoms with van der Waals surface area (Å²) in [5, 5.41) is 23.2. The molecule has 18 heavy (non-hydrogen) atoms. The van der Waals surface area contributed by atoms with Gasteiger partial charge in [-0.15, -0.1) is 0 Å². The summed E-state index contributed by atoms with van der Waals surface area (Å²) in [5.41, 5.74) is -0.705. The monoisotopic (exact) mass is 260 g/mol. The SMILES string of the molecule is COCC1(C(=O)N[C@H](CO)C(=O)O)CCNCC1. The van der Waals surface area contributed by atoms with Gasteiger partial charge in [-0.1, -0.05) is 0 Å². The number of hydrogen-bond donors (Lipinski definition) is 4. The van der Waals surface area contributed by atoms with E-state index >= 15 is 0 Å². The van der Waals surface area contributed by atoms with E-state index in [9.17, 15) is 9.59 Å². The number of carboxylic acid groups (broad SMARTS) is 1. The Morgan fingerprint density at radius 1 is 1.44 bits per heavy atom. The van der Waals surface area contributed by atoms with Gasteiger partial charge in [-0.2, -0.15) is 0 Å². The van der Waals surface area contributed by atoms with Crippen LogP contribution in [0.4, 0.5) is 0 Å². The minimum absolute atomic E-state index is 0.248. The molecule has 0 aromatic rings. The van der Waals surface area contributed by atoms with Gasteiger partial charge in [-0.05, 0) is 25.9 Å². The normalized spacial score (nSPS) is 20.1. The number of methoxy groups -OCH3 is 1. The summed E-state index contributed by atoms with van der Waals surface area (Å²) in [6, 6.07) is -1.26. The third-order valence-corrected chi connectivity index (χ3v) is 3.25. The van der Waals surface area contributed by atoms with Crippen molar-refractivity contribution in [2.24, 2.45) is 5.41 Å². The quantitative estimate of drug-likeness (QED) is 0.466. The lowest BCUT2D eigenvalue weighted by Gasteiger charge is -2.36. The van der Waals surface area contributed by atoms with Gasteiger partial charge in [-0.25, -0.2) is 4.79 Å². The summed E-state index contributed by atoms with van der Waals surface area (Å²) >= 11 is 0. The molecule has 4 N–H and O–H groups in total. The molecule has 0 bridgehead atoms. The van der Waals surface area contributed by atoms with Crippen LogP contribution < -0.4 is 10.6 Å². The first kappa shape index (κ1) is 14.9. The maximum Gasteiger partial charge on any atom is 0.328 e. The van der Waals surface area contributed by atoms with Crippen LogP contribution in [0.25, 0.3) is 0 Å². The Labute approximate surface area is 106 Å². The summed E-state index contributed by atoms with van der Waals surface area (Å²) in [4.78, 5) is 23.0. The maximum atomic E-state index is 12.2. The van der Waals surface area contributed by atoms with Crippen LogP contribution in [0.3, 0.4) is 0 Å². The lowest BCUT2D eigenvalue weighted by molar-refractivity contribution is -0.147. The number of piperidine rings is 1. The number of aliphatic hydroxyl groups excluding tert-OH is 1. The van der Waals surface area contributed by atoms with Gasteiger partial charge < -0.3 is 25.6 Å². The Balaban J connectivity index is 2.73. The smallest absolute Gasteiger partial charge is 0.328 e. The number of ether oxygens (including phenoxy) is 1. The van der Waals surface area contributed by atoms with Crippen LogP contribution in [0.15, 0.2) is 0 Å². The zero-order valence-electron chi connectivity index (χ0n) is 10.4. The summed E-state index contributed by atoms with van der Waals surface area (Å²) < 4.78 is 5.08. The predicted molar refractivity (Wildman–Crippen MR) is 63.1 cm³/mol. The fourth-order valence-corrected chi connectivity index (χ4v) is 2.12. The van der Waals surface area contributed by atoms with Gasteiger partial charge in [0.15, 0.2) is 0 Å². The molecule has 0 radical (unpaired) electrons. The van der Waals surface area contributed by atoms with Crippen LogP contribution in [0.2, 0.25) is 0 Å². The number of aliphatic carboxylic acids is 1. The zero-order chi connectivity index (χ0) is 13.6. The molecular formula is C11H20N2O5. The average molecular weight is 260 g/mol. The van der Waals surface area contributed by atoms with Gasteiger partial charge in [0.1, 0.15) is 6.04 Å². The predicted octanol–water partition coefficient (Wildman–Crippen LogP) is -1.44. The van der Waals surface area contributed by atoms with Crippen molar-refractivity contribution in [2.45, 2.75) is 18.9 Å². The third-order valence-electron chi connectivity index (χ3n) is 3.25. The van der Waals surface area contributed by atoms with Crippen molar-refractivity contribution in [3.05, 3.63) is 0 Å². The van der Waals surface area contributed by atoms with Gasteiger partial charge in [0, 0.05) is 7.11 Å². The van der Waals surface area contributed by atoms with E-state index in [0.29, 0.717) is 25.9 Å². The van der Waals surface area contributed by atoms with Crippen LogP contribution in [0, 0.1) is 5.41 Å². The van der Waals surface area contributed by atoms with E-state index in [0.717, 1.165) is 0 Å². The zero-order valence-corrected chi connectivity index (χ0v) is 10.4. The molecule has 0 spiro atoms. The van der Waals surface area contributed by atoms with E-state index in [1.807, 2.05) is 0 Å². The number of nitrogens with one attached hydrogen (secondary N) is 2. The van der Waals surface area contributed by atoms with Crippen LogP contribution in [0.5, 0.6) is 0 Å². The molecule has 0 unspecified atom stereocenters. The molecule has 7 heteroatoms. The molecule has 1 atom stereocenters. The fraction of sp³-hybridized carbons (Fsp3) is 0.818. The molecule has 0 aliphatic carbocycles. The second-order valence-corrected chi connectivity index (χ2v) is 4.51. The number of carbonyl (C=O) groups is 2. The van der Waals surface area contributed by atoms with Crippen LogP contribution in [0.1, 0.15) is 12.8 Å². The molecule has 1 amide bonds. The van der Waals surface area contributed by atoms with E-state index in [4.69, 9.17) is 14.9 Å². The number of hydrogen-bond acceptors (Lipinski definition) is 5. The molecule has 7 nitrogen and oxygen atoms in total. The highest BCUT2D eigenvalue weighted by molar-refractivity contribution is 5.87. The number of rotatable bonds is 6. The summed E-state index contributed by atoms with van der Waals surface area (Å²) in [7, 11) is 1.51. The molecule has 1 heterocycles. The van der Waals surface area contributed by atoms with E-state index in [2.05, 4.69) is 10.6 Å². The molecule has 1 rings (SSSR count). The minimum Gasteiger partial charge on any atom is -0.480 e. The average Bonchev–Trinajstić information content (AvgIpc) is 2.36. The van der Waals surface area contributed by atoms with Crippen molar-refractivity contribution >= 4 is 11.9 Å². The first-order valence-corrected chi connectivity index (χ1v) is 5.90. The Bertz CT molecular complexity index is 296. The van der Waals surface area contributed by atoms with Crippen LogP contribution >= 0.6 is 0 Å². The van der Waals surface area contributed by atoms with E-state index < -0.39 is 24.0 Å². The van der Waals surface area contributed by atoms with Crippen LogP contribution in [-0.2, 0) is 14.3 Å².